The van der Waals surface area contributed by atoms with Gasteiger partial charge in [0.25, 0.3) is 0 Å². The fraction of sp³-hybridized carbons (Fsp3) is 0.300. The molecular formula is C20H24FN2O2. The van der Waals surface area contributed by atoms with Crippen LogP contribution in [-0.4, -0.2) is 23.7 Å². The Morgan fingerprint density at radius 3 is 2.68 bits per heavy atom. The summed E-state index contributed by atoms with van der Waals surface area (Å²) >= 11 is 0. The normalized spacial score (nSPS) is 13.4. The van der Waals surface area contributed by atoms with Crippen LogP contribution in [0.5, 0.6) is 0 Å². The zero-order valence-corrected chi connectivity index (χ0v) is 14.3. The van der Waals surface area contributed by atoms with Crippen LogP contribution in [0.3, 0.4) is 0 Å². The Morgan fingerprint density at radius 2 is 1.96 bits per heavy atom. The maximum atomic E-state index is 13.1. The molecule has 25 heavy (non-hydrogen) atoms. The first kappa shape index (κ1) is 19.1. The van der Waals surface area contributed by atoms with Gasteiger partial charge in [-0.3, -0.25) is 4.79 Å². The van der Waals surface area contributed by atoms with Gasteiger partial charge in [-0.05, 0) is 48.6 Å². The average molecular weight is 343 g/mol. The third-order valence-corrected chi connectivity index (χ3v) is 4.08. The lowest BCUT2D eigenvalue weighted by Gasteiger charge is -2.13. The zero-order chi connectivity index (χ0) is 18.2. The van der Waals surface area contributed by atoms with Crippen molar-refractivity contribution in [2.24, 2.45) is 5.73 Å². The number of hydrogen-bond donors (Lipinski definition) is 3. The Balaban J connectivity index is 1.76. The number of primary amides is 1. The summed E-state index contributed by atoms with van der Waals surface area (Å²) in [5.41, 5.74) is 8.06. The van der Waals surface area contributed by atoms with Crippen LogP contribution in [0.1, 0.15) is 29.5 Å². The minimum Gasteiger partial charge on any atom is -0.391 e. The molecule has 2 aromatic rings. The number of halogens is 1. The molecule has 2 atom stereocenters. The highest BCUT2D eigenvalue weighted by Gasteiger charge is 2.11. The molecule has 1 unspecified atom stereocenters. The number of hydrogen-bond acceptors (Lipinski definition) is 3. The Bertz CT molecular complexity index is 706. The number of carbonyl (C=O) groups is 1. The van der Waals surface area contributed by atoms with Crippen LogP contribution < -0.4 is 11.1 Å². The van der Waals surface area contributed by atoms with Crippen molar-refractivity contribution < 1.29 is 14.3 Å². The second-order valence-electron chi connectivity index (χ2n) is 6.14. The quantitative estimate of drug-likeness (QED) is 0.654. The van der Waals surface area contributed by atoms with Crippen LogP contribution in [-0.2, 0) is 17.8 Å². The Labute approximate surface area is 147 Å². The molecule has 0 heterocycles. The van der Waals surface area contributed by atoms with E-state index in [0.717, 1.165) is 16.7 Å². The average Bonchev–Trinajstić information content (AvgIpc) is 2.59. The Hall–Kier alpha value is -2.24. The van der Waals surface area contributed by atoms with E-state index in [4.69, 9.17) is 5.73 Å². The molecule has 4 nitrogen and oxygen atoms in total. The lowest BCUT2D eigenvalue weighted by atomic mass is 9.98. The maximum absolute atomic E-state index is 13.1. The van der Waals surface area contributed by atoms with Gasteiger partial charge in [-0.15, -0.1) is 0 Å². The van der Waals surface area contributed by atoms with Gasteiger partial charge in [0, 0.05) is 13.1 Å². The van der Waals surface area contributed by atoms with E-state index in [1.165, 1.54) is 12.1 Å². The molecule has 0 saturated carbocycles. The van der Waals surface area contributed by atoms with Crippen molar-refractivity contribution in [3.05, 3.63) is 77.5 Å². The summed E-state index contributed by atoms with van der Waals surface area (Å²) in [7, 11) is 0. The molecule has 2 aromatic carbocycles. The van der Waals surface area contributed by atoms with Crippen molar-refractivity contribution in [2.45, 2.75) is 31.9 Å². The third-order valence-electron chi connectivity index (χ3n) is 4.08. The molecule has 1 amide bonds. The van der Waals surface area contributed by atoms with Crippen molar-refractivity contribution in [1.82, 2.24) is 5.32 Å². The second kappa shape index (κ2) is 9.30. The highest BCUT2D eigenvalue weighted by molar-refractivity contribution is 5.81. The molecule has 1 radical (unpaired) electrons. The van der Waals surface area contributed by atoms with Gasteiger partial charge >= 0.3 is 0 Å². The van der Waals surface area contributed by atoms with E-state index in [9.17, 15) is 14.3 Å². The van der Waals surface area contributed by atoms with Gasteiger partial charge in [-0.1, -0.05) is 36.4 Å². The van der Waals surface area contributed by atoms with Crippen molar-refractivity contribution >= 4 is 5.91 Å². The third kappa shape index (κ3) is 6.29. The van der Waals surface area contributed by atoms with E-state index in [1.54, 1.807) is 19.4 Å². The highest BCUT2D eigenvalue weighted by Crippen LogP contribution is 2.16. The van der Waals surface area contributed by atoms with Gasteiger partial charge in [0.15, 0.2) is 0 Å². The van der Waals surface area contributed by atoms with Crippen LogP contribution >= 0.6 is 0 Å². The van der Waals surface area contributed by atoms with Gasteiger partial charge in [0.05, 0.1) is 12.0 Å². The largest absolute Gasteiger partial charge is 0.391 e. The lowest BCUT2D eigenvalue weighted by Crippen LogP contribution is -2.27. The number of nitrogens with two attached hydrogens (primary N) is 1. The molecule has 2 rings (SSSR count). The van der Waals surface area contributed by atoms with E-state index in [-0.39, 0.29) is 17.6 Å². The summed E-state index contributed by atoms with van der Waals surface area (Å²) in [6, 6.07) is 14.0. The van der Waals surface area contributed by atoms with Gasteiger partial charge in [-0.25, -0.2) is 4.39 Å². The molecule has 0 saturated heterocycles. The van der Waals surface area contributed by atoms with E-state index in [1.807, 2.05) is 30.3 Å². The van der Waals surface area contributed by atoms with Crippen LogP contribution in [0.4, 0.5) is 4.39 Å². The first-order valence-electron chi connectivity index (χ1n) is 8.30. The predicted molar refractivity (Wildman–Crippen MR) is 96.2 cm³/mol. The van der Waals surface area contributed by atoms with Gasteiger partial charge in [0.2, 0.25) is 5.91 Å². The molecular weight excluding hydrogens is 319 g/mol. The van der Waals surface area contributed by atoms with Crippen molar-refractivity contribution in [2.75, 3.05) is 6.54 Å². The smallest absolute Gasteiger partial charge is 0.224 e. The summed E-state index contributed by atoms with van der Waals surface area (Å²) in [5.74, 6) is -0.957. The van der Waals surface area contributed by atoms with Crippen LogP contribution in [0.2, 0.25) is 0 Å². The molecule has 4 N–H and O–H groups in total. The molecule has 0 bridgehead atoms. The summed E-state index contributed by atoms with van der Waals surface area (Å²) in [5, 5.41) is 13.2. The van der Waals surface area contributed by atoms with Gasteiger partial charge < -0.3 is 16.2 Å². The van der Waals surface area contributed by atoms with Crippen molar-refractivity contribution in [3.8, 4) is 0 Å². The molecule has 5 heteroatoms. The van der Waals surface area contributed by atoms with E-state index in [0.29, 0.717) is 19.5 Å². The lowest BCUT2D eigenvalue weighted by molar-refractivity contribution is -0.119. The van der Waals surface area contributed by atoms with E-state index < -0.39 is 6.10 Å². The minimum absolute atomic E-state index is 0.274. The summed E-state index contributed by atoms with van der Waals surface area (Å²) in [6.45, 7) is 2.75. The summed E-state index contributed by atoms with van der Waals surface area (Å²) in [6.07, 6.45) is 1.62. The number of amides is 1. The standard InChI is InChI=1S/C20H24FN2O2/c1-14(20(22)25)17-6-2-5-16(10-17)12-23-13-19(24)9-8-15-4-3-7-18(21)11-15/h2-7,9-11,14,19,23-24H,8,12-13H2,1H3,(H2,22,25)/t14?,19-/m1/s1. The van der Waals surface area contributed by atoms with Crippen molar-refractivity contribution in [1.29, 1.82) is 0 Å². The summed E-state index contributed by atoms with van der Waals surface area (Å²) < 4.78 is 13.1. The number of aliphatic hydroxyl groups is 1. The highest BCUT2D eigenvalue weighted by atomic mass is 19.1. The zero-order valence-electron chi connectivity index (χ0n) is 14.3. The molecule has 133 valence electrons. The number of carbonyl (C=O) groups excluding carboxylic acids is 1. The number of benzene rings is 2. The SMILES string of the molecule is CC(C(N)=O)c1cccc(CNC[C@H](O)[CH]Cc2cccc(F)c2)c1. The van der Waals surface area contributed by atoms with Crippen LogP contribution in [0.25, 0.3) is 0 Å². The van der Waals surface area contributed by atoms with Crippen molar-refractivity contribution in [3.63, 3.8) is 0 Å². The topological polar surface area (TPSA) is 75.4 Å². The number of aliphatic hydroxyl groups excluding tert-OH is 1. The summed E-state index contributed by atoms with van der Waals surface area (Å²) in [4.78, 5) is 11.3. The van der Waals surface area contributed by atoms with Gasteiger partial charge in [-0.2, -0.15) is 0 Å². The second-order valence-corrected chi connectivity index (χ2v) is 6.14. The maximum Gasteiger partial charge on any atom is 0.224 e. The Kier molecular flexibility index (Phi) is 7.10. The fourth-order valence-corrected chi connectivity index (χ4v) is 2.52. The molecule has 0 aliphatic rings. The molecule has 0 aliphatic heterocycles. The predicted octanol–water partition coefficient (Wildman–Crippen LogP) is 2.31. The molecule has 0 aliphatic carbocycles. The van der Waals surface area contributed by atoms with Crippen LogP contribution in [0.15, 0.2) is 48.5 Å². The molecule has 0 fully saturated rings. The minimum atomic E-state index is -0.629. The number of nitrogens with one attached hydrogen (secondary N) is 1. The van der Waals surface area contributed by atoms with E-state index in [2.05, 4.69) is 5.32 Å². The monoisotopic (exact) mass is 343 g/mol. The van der Waals surface area contributed by atoms with Gasteiger partial charge in [0.1, 0.15) is 5.82 Å². The Morgan fingerprint density at radius 1 is 1.24 bits per heavy atom. The molecule has 0 aromatic heterocycles. The first-order valence-corrected chi connectivity index (χ1v) is 8.30. The first-order chi connectivity index (χ1) is 12.0. The number of rotatable bonds is 9. The van der Waals surface area contributed by atoms with Crippen LogP contribution in [0, 0.1) is 12.2 Å². The fourth-order valence-electron chi connectivity index (χ4n) is 2.52. The van der Waals surface area contributed by atoms with E-state index >= 15 is 0 Å². The molecule has 0 spiro atoms.